The largest absolute Gasteiger partial charge is 0.295 e. The highest BCUT2D eigenvalue weighted by atomic mass is 35.5. The van der Waals surface area contributed by atoms with Gasteiger partial charge in [-0.1, -0.05) is 6.92 Å². The minimum absolute atomic E-state index is 0.532. The summed E-state index contributed by atoms with van der Waals surface area (Å²) < 4.78 is 0. The SMILES string of the molecule is CCC1CN(Cc2nc(CCl)cs2)CCS1. The predicted molar refractivity (Wildman–Crippen MR) is 73.5 cm³/mol. The third kappa shape index (κ3) is 3.36. The summed E-state index contributed by atoms with van der Waals surface area (Å²) in [5.74, 6) is 1.79. The Balaban J connectivity index is 1.88. The molecule has 1 aliphatic heterocycles. The lowest BCUT2D eigenvalue weighted by Crippen LogP contribution is -2.36. The molecule has 1 saturated heterocycles. The maximum absolute atomic E-state index is 5.76. The summed E-state index contributed by atoms with van der Waals surface area (Å²) >= 11 is 9.60. The van der Waals surface area contributed by atoms with E-state index >= 15 is 0 Å². The van der Waals surface area contributed by atoms with Gasteiger partial charge in [-0.05, 0) is 6.42 Å². The fourth-order valence-electron chi connectivity index (χ4n) is 1.85. The van der Waals surface area contributed by atoms with E-state index in [9.17, 15) is 0 Å². The van der Waals surface area contributed by atoms with Gasteiger partial charge in [0.15, 0.2) is 0 Å². The Morgan fingerprint density at radius 1 is 1.62 bits per heavy atom. The summed E-state index contributed by atoms with van der Waals surface area (Å²) in [6, 6.07) is 0. The van der Waals surface area contributed by atoms with Crippen LogP contribution >= 0.6 is 34.7 Å². The number of halogens is 1. The Kier molecular flexibility index (Phi) is 4.95. The molecule has 0 N–H and O–H groups in total. The van der Waals surface area contributed by atoms with Crippen LogP contribution in [-0.4, -0.2) is 34.0 Å². The smallest absolute Gasteiger partial charge is 0.107 e. The van der Waals surface area contributed by atoms with Crippen LogP contribution in [0, 0.1) is 0 Å². The van der Waals surface area contributed by atoms with Crippen LogP contribution in [0.25, 0.3) is 0 Å². The zero-order valence-electron chi connectivity index (χ0n) is 9.49. The summed E-state index contributed by atoms with van der Waals surface area (Å²) in [4.78, 5) is 7.03. The molecule has 1 aromatic rings. The van der Waals surface area contributed by atoms with Crippen LogP contribution < -0.4 is 0 Å². The molecule has 0 aliphatic carbocycles. The van der Waals surface area contributed by atoms with Gasteiger partial charge in [-0.3, -0.25) is 4.90 Å². The van der Waals surface area contributed by atoms with Crippen molar-refractivity contribution in [3.8, 4) is 0 Å². The summed E-state index contributed by atoms with van der Waals surface area (Å²) in [6.45, 7) is 5.67. The first-order chi connectivity index (χ1) is 7.81. The van der Waals surface area contributed by atoms with Gasteiger partial charge in [0.2, 0.25) is 0 Å². The highest BCUT2D eigenvalue weighted by Crippen LogP contribution is 2.23. The second kappa shape index (κ2) is 6.24. The van der Waals surface area contributed by atoms with Gasteiger partial charge in [0.1, 0.15) is 5.01 Å². The van der Waals surface area contributed by atoms with E-state index in [4.69, 9.17) is 11.6 Å². The minimum atomic E-state index is 0.532. The van der Waals surface area contributed by atoms with Gasteiger partial charge in [-0.25, -0.2) is 4.98 Å². The molecule has 90 valence electrons. The van der Waals surface area contributed by atoms with Gasteiger partial charge < -0.3 is 0 Å². The molecular formula is C11H17ClN2S2. The van der Waals surface area contributed by atoms with Gasteiger partial charge in [0.05, 0.1) is 18.1 Å². The van der Waals surface area contributed by atoms with E-state index in [-0.39, 0.29) is 0 Å². The monoisotopic (exact) mass is 276 g/mol. The molecule has 0 spiro atoms. The van der Waals surface area contributed by atoms with Gasteiger partial charge in [0.25, 0.3) is 0 Å². The van der Waals surface area contributed by atoms with Crippen molar-refractivity contribution < 1.29 is 0 Å². The van der Waals surface area contributed by atoms with Crippen molar-refractivity contribution in [2.45, 2.75) is 31.0 Å². The Morgan fingerprint density at radius 2 is 2.50 bits per heavy atom. The summed E-state index contributed by atoms with van der Waals surface area (Å²) in [5, 5.41) is 4.08. The van der Waals surface area contributed by atoms with Crippen LogP contribution in [0.4, 0.5) is 0 Å². The molecule has 0 aromatic carbocycles. The molecule has 0 radical (unpaired) electrons. The van der Waals surface area contributed by atoms with E-state index < -0.39 is 0 Å². The van der Waals surface area contributed by atoms with Gasteiger partial charge in [-0.2, -0.15) is 11.8 Å². The van der Waals surface area contributed by atoms with Gasteiger partial charge in [-0.15, -0.1) is 22.9 Å². The van der Waals surface area contributed by atoms with E-state index in [2.05, 4.69) is 33.9 Å². The molecule has 0 saturated carbocycles. The number of thiazole rings is 1. The molecule has 0 amide bonds. The van der Waals surface area contributed by atoms with Crippen LogP contribution in [0.2, 0.25) is 0 Å². The average Bonchev–Trinajstić information content (AvgIpc) is 2.77. The second-order valence-electron chi connectivity index (χ2n) is 4.00. The molecule has 1 unspecified atom stereocenters. The number of alkyl halides is 1. The van der Waals surface area contributed by atoms with Crippen LogP contribution in [-0.2, 0) is 12.4 Å². The average molecular weight is 277 g/mol. The normalized spacial score (nSPS) is 22.5. The van der Waals surface area contributed by atoms with Crippen molar-refractivity contribution in [1.29, 1.82) is 0 Å². The first-order valence-corrected chi connectivity index (χ1v) is 8.11. The third-order valence-corrected chi connectivity index (χ3v) is 5.30. The topological polar surface area (TPSA) is 16.1 Å². The molecule has 1 atom stereocenters. The van der Waals surface area contributed by atoms with E-state index in [1.165, 1.54) is 30.3 Å². The maximum atomic E-state index is 5.76. The van der Waals surface area contributed by atoms with Crippen LogP contribution in [0.3, 0.4) is 0 Å². The lowest BCUT2D eigenvalue weighted by atomic mass is 10.3. The Bertz CT molecular complexity index is 330. The predicted octanol–water partition coefficient (Wildman–Crippen LogP) is 3.21. The van der Waals surface area contributed by atoms with Crippen molar-refractivity contribution in [1.82, 2.24) is 9.88 Å². The van der Waals surface area contributed by atoms with Crippen molar-refractivity contribution in [3.05, 3.63) is 16.1 Å². The number of hydrogen-bond donors (Lipinski definition) is 0. The Hall–Kier alpha value is 0.230. The van der Waals surface area contributed by atoms with Crippen LogP contribution in [0.5, 0.6) is 0 Å². The summed E-state index contributed by atoms with van der Waals surface area (Å²) in [5.41, 5.74) is 1.01. The molecule has 1 aromatic heterocycles. The first kappa shape index (κ1) is 12.7. The van der Waals surface area contributed by atoms with Crippen LogP contribution in [0.15, 0.2) is 5.38 Å². The molecule has 1 aliphatic rings. The van der Waals surface area contributed by atoms with Gasteiger partial charge in [0, 0.05) is 29.5 Å². The zero-order chi connectivity index (χ0) is 11.4. The Morgan fingerprint density at radius 3 is 3.19 bits per heavy atom. The standard InChI is InChI=1S/C11H17ClN2S2/c1-2-10-6-14(3-4-15-10)7-11-13-9(5-12)8-16-11/h8,10H,2-7H2,1H3. The molecule has 5 heteroatoms. The number of hydrogen-bond acceptors (Lipinski definition) is 4. The lowest BCUT2D eigenvalue weighted by Gasteiger charge is -2.31. The molecule has 0 bridgehead atoms. The van der Waals surface area contributed by atoms with E-state index in [0.29, 0.717) is 5.88 Å². The van der Waals surface area contributed by atoms with Crippen molar-refractivity contribution in [2.24, 2.45) is 0 Å². The molecule has 16 heavy (non-hydrogen) atoms. The second-order valence-corrected chi connectivity index (χ2v) is 6.62. The zero-order valence-corrected chi connectivity index (χ0v) is 11.9. The van der Waals surface area contributed by atoms with Crippen molar-refractivity contribution in [2.75, 3.05) is 18.8 Å². The third-order valence-electron chi connectivity index (χ3n) is 2.77. The van der Waals surface area contributed by atoms with E-state index in [0.717, 1.165) is 17.5 Å². The van der Waals surface area contributed by atoms with E-state index in [1.807, 2.05) is 0 Å². The number of rotatable bonds is 4. The highest BCUT2D eigenvalue weighted by molar-refractivity contribution is 8.00. The molecule has 2 heterocycles. The summed E-state index contributed by atoms with van der Waals surface area (Å²) in [7, 11) is 0. The van der Waals surface area contributed by atoms with Crippen LogP contribution in [0.1, 0.15) is 24.0 Å². The minimum Gasteiger partial charge on any atom is -0.295 e. The molecule has 1 fully saturated rings. The summed E-state index contributed by atoms with van der Waals surface area (Å²) in [6.07, 6.45) is 1.27. The van der Waals surface area contributed by atoms with E-state index in [1.54, 1.807) is 11.3 Å². The number of nitrogens with zero attached hydrogens (tertiary/aromatic N) is 2. The highest BCUT2D eigenvalue weighted by Gasteiger charge is 2.19. The fourth-order valence-corrected chi connectivity index (χ4v) is 4.16. The molecule has 2 rings (SSSR count). The molecular weight excluding hydrogens is 260 g/mol. The number of thioether (sulfide) groups is 1. The van der Waals surface area contributed by atoms with Gasteiger partial charge >= 0.3 is 0 Å². The Labute approximate surface area is 110 Å². The van der Waals surface area contributed by atoms with Crippen molar-refractivity contribution in [3.63, 3.8) is 0 Å². The quantitative estimate of drug-likeness (QED) is 0.786. The first-order valence-electron chi connectivity index (χ1n) is 5.65. The molecule has 2 nitrogen and oxygen atoms in total. The van der Waals surface area contributed by atoms with Crippen molar-refractivity contribution >= 4 is 34.7 Å². The maximum Gasteiger partial charge on any atom is 0.107 e. The number of aromatic nitrogens is 1. The fraction of sp³-hybridized carbons (Fsp3) is 0.727. The lowest BCUT2D eigenvalue weighted by molar-refractivity contribution is 0.272.